The Bertz CT molecular complexity index is 994. The second-order valence-electron chi connectivity index (χ2n) is 7.70. The molecule has 4 amide bonds. The zero-order valence-electron chi connectivity index (χ0n) is 18.1. The molecule has 0 unspecified atom stereocenters. The minimum Gasteiger partial charge on any atom is -0.315 e. The lowest BCUT2D eigenvalue weighted by Gasteiger charge is -2.25. The molecule has 32 heavy (non-hydrogen) atoms. The maximum Gasteiger partial charge on any atom is 0.322 e. The summed E-state index contributed by atoms with van der Waals surface area (Å²) in [6.45, 7) is 4.32. The Balaban J connectivity index is 1.69. The molecule has 0 radical (unpaired) electrons. The zero-order chi connectivity index (χ0) is 23.3. The van der Waals surface area contributed by atoms with E-state index in [2.05, 4.69) is 5.32 Å². The molecule has 0 spiro atoms. The van der Waals surface area contributed by atoms with Crippen LogP contribution in [-0.4, -0.2) is 53.9 Å². The fraction of sp³-hybridized carbons (Fsp3) is 0.348. The summed E-state index contributed by atoms with van der Waals surface area (Å²) in [6, 6.07) is 12.0. The van der Waals surface area contributed by atoms with Gasteiger partial charge in [-0.3, -0.25) is 14.5 Å². The highest BCUT2D eigenvalue weighted by Gasteiger charge is 2.33. The Kier molecular flexibility index (Phi) is 7.99. The first-order valence-electron chi connectivity index (χ1n) is 10.4. The monoisotopic (exact) mass is 476 g/mol. The lowest BCUT2D eigenvalue weighted by molar-refractivity contribution is -0.132. The molecule has 0 saturated carbocycles. The topological polar surface area (TPSA) is 73.0 Å². The fourth-order valence-electron chi connectivity index (χ4n) is 3.40. The van der Waals surface area contributed by atoms with Crippen LogP contribution in [0.3, 0.4) is 0 Å². The quantitative estimate of drug-likeness (QED) is 0.625. The summed E-state index contributed by atoms with van der Waals surface area (Å²) >= 11 is 12.3. The van der Waals surface area contributed by atoms with Gasteiger partial charge >= 0.3 is 6.03 Å². The molecule has 9 heteroatoms. The Morgan fingerprint density at radius 2 is 1.81 bits per heavy atom. The molecule has 7 nitrogen and oxygen atoms in total. The molecule has 1 heterocycles. The number of rotatable bonds is 7. The van der Waals surface area contributed by atoms with E-state index in [4.69, 9.17) is 23.2 Å². The minimum atomic E-state index is -0.470. The molecule has 2 aromatic rings. The van der Waals surface area contributed by atoms with Gasteiger partial charge in [-0.2, -0.15) is 0 Å². The van der Waals surface area contributed by atoms with Gasteiger partial charge in [0.2, 0.25) is 11.8 Å². The van der Waals surface area contributed by atoms with Gasteiger partial charge in [-0.15, -0.1) is 0 Å². The van der Waals surface area contributed by atoms with Crippen LogP contribution in [0.4, 0.5) is 16.2 Å². The number of nitrogens with zero attached hydrogens (tertiary/aromatic N) is 3. The highest BCUT2D eigenvalue weighted by molar-refractivity contribution is 6.39. The second-order valence-corrected chi connectivity index (χ2v) is 8.51. The number of urea groups is 1. The predicted octanol–water partition coefficient (Wildman–Crippen LogP) is 4.77. The number of halogens is 2. The largest absolute Gasteiger partial charge is 0.322 e. The van der Waals surface area contributed by atoms with E-state index in [1.165, 1.54) is 9.80 Å². The van der Waals surface area contributed by atoms with Crippen molar-refractivity contribution < 1.29 is 14.4 Å². The van der Waals surface area contributed by atoms with Crippen LogP contribution in [0.25, 0.3) is 0 Å². The molecule has 3 rings (SSSR count). The molecule has 1 N–H and O–H groups in total. The van der Waals surface area contributed by atoms with E-state index in [1.54, 1.807) is 23.1 Å². The van der Waals surface area contributed by atoms with Gasteiger partial charge in [-0.05, 0) is 43.2 Å². The van der Waals surface area contributed by atoms with Gasteiger partial charge in [-0.25, -0.2) is 4.79 Å². The van der Waals surface area contributed by atoms with Crippen molar-refractivity contribution in [1.29, 1.82) is 0 Å². The van der Waals surface area contributed by atoms with Crippen molar-refractivity contribution in [3.8, 4) is 0 Å². The fourth-order valence-corrected chi connectivity index (χ4v) is 3.90. The molecule has 1 saturated heterocycles. The highest BCUT2D eigenvalue weighted by Crippen LogP contribution is 2.30. The number of anilines is 2. The number of para-hydroxylation sites is 1. The van der Waals surface area contributed by atoms with Gasteiger partial charge in [0.25, 0.3) is 0 Å². The molecular formula is C23H26Cl2N4O3. The molecule has 1 aliphatic rings. The van der Waals surface area contributed by atoms with Crippen molar-refractivity contribution in [3.63, 3.8) is 0 Å². The molecule has 1 aliphatic heterocycles. The third-order valence-corrected chi connectivity index (χ3v) is 5.82. The lowest BCUT2D eigenvalue weighted by Crippen LogP contribution is -2.44. The van der Waals surface area contributed by atoms with Crippen LogP contribution < -0.4 is 10.2 Å². The maximum absolute atomic E-state index is 13.0. The number of unbranched alkanes of at least 4 members (excludes halogenated alkanes) is 1. The van der Waals surface area contributed by atoms with Gasteiger partial charge < -0.3 is 15.1 Å². The third kappa shape index (κ3) is 5.72. The van der Waals surface area contributed by atoms with Crippen LogP contribution >= 0.6 is 23.2 Å². The predicted molar refractivity (Wildman–Crippen MR) is 127 cm³/mol. The molecular weight excluding hydrogens is 451 g/mol. The summed E-state index contributed by atoms with van der Waals surface area (Å²) in [7, 11) is 0. The first-order chi connectivity index (χ1) is 15.3. The highest BCUT2D eigenvalue weighted by atomic mass is 35.5. The molecule has 0 aromatic heterocycles. The second kappa shape index (κ2) is 10.7. The number of nitrogens with one attached hydrogen (secondary N) is 1. The van der Waals surface area contributed by atoms with Gasteiger partial charge in [0.15, 0.2) is 0 Å². The number of amides is 4. The van der Waals surface area contributed by atoms with Crippen LogP contribution in [-0.2, 0) is 9.59 Å². The standard InChI is InChI=1S/C23H26Cl2N4O3/c1-3-4-11-27(23(32)26-22-18(24)9-6-10-19(22)25)13-20(30)28-14-21(31)29(15-28)17-8-5-7-16(2)12-17/h5-10,12H,3-4,11,13-15H2,1-2H3,(H,26,32). The van der Waals surface area contributed by atoms with E-state index in [0.717, 1.165) is 24.1 Å². The zero-order valence-corrected chi connectivity index (χ0v) is 19.6. The van der Waals surface area contributed by atoms with Gasteiger partial charge in [0, 0.05) is 12.2 Å². The van der Waals surface area contributed by atoms with Crippen LogP contribution in [0, 0.1) is 6.92 Å². The van der Waals surface area contributed by atoms with Gasteiger partial charge in [-0.1, -0.05) is 54.7 Å². The van der Waals surface area contributed by atoms with E-state index >= 15 is 0 Å². The number of hydrogen-bond acceptors (Lipinski definition) is 3. The average Bonchev–Trinajstić information content (AvgIpc) is 3.15. The van der Waals surface area contributed by atoms with E-state index in [0.29, 0.717) is 22.3 Å². The van der Waals surface area contributed by atoms with Crippen LogP contribution in [0.5, 0.6) is 0 Å². The van der Waals surface area contributed by atoms with E-state index in [1.807, 2.05) is 38.1 Å². The summed E-state index contributed by atoms with van der Waals surface area (Å²) < 4.78 is 0. The van der Waals surface area contributed by atoms with Gasteiger partial charge in [0.05, 0.1) is 15.7 Å². The van der Waals surface area contributed by atoms with Crippen molar-refractivity contribution in [3.05, 3.63) is 58.1 Å². The molecule has 0 aliphatic carbocycles. The Labute approximate surface area is 197 Å². The minimum absolute atomic E-state index is 0.0215. The number of carbonyl (C=O) groups excluding carboxylic acids is 3. The average molecular weight is 477 g/mol. The maximum atomic E-state index is 13.0. The van der Waals surface area contributed by atoms with Crippen molar-refractivity contribution in [2.75, 3.05) is 36.5 Å². The smallest absolute Gasteiger partial charge is 0.315 e. The number of aryl methyl sites for hydroxylation is 1. The van der Waals surface area contributed by atoms with Crippen molar-refractivity contribution >= 4 is 52.4 Å². The Morgan fingerprint density at radius 3 is 2.47 bits per heavy atom. The Hall–Kier alpha value is -2.77. The summed E-state index contributed by atoms with van der Waals surface area (Å²) in [4.78, 5) is 42.9. The first-order valence-corrected chi connectivity index (χ1v) is 11.2. The van der Waals surface area contributed by atoms with E-state index in [-0.39, 0.29) is 31.6 Å². The summed E-state index contributed by atoms with van der Waals surface area (Å²) in [5.74, 6) is -0.457. The third-order valence-electron chi connectivity index (χ3n) is 5.19. The number of hydrogen-bond donors (Lipinski definition) is 1. The van der Waals surface area contributed by atoms with E-state index in [9.17, 15) is 14.4 Å². The Morgan fingerprint density at radius 1 is 1.12 bits per heavy atom. The first kappa shape index (κ1) is 23.9. The van der Waals surface area contributed by atoms with Crippen LogP contribution in [0.2, 0.25) is 10.0 Å². The SMILES string of the molecule is CCCCN(CC(=O)N1CC(=O)N(c2cccc(C)c2)C1)C(=O)Nc1c(Cl)cccc1Cl. The normalized spacial score (nSPS) is 13.4. The molecule has 1 fully saturated rings. The van der Waals surface area contributed by atoms with Crippen molar-refractivity contribution in [2.45, 2.75) is 26.7 Å². The molecule has 0 bridgehead atoms. The number of carbonyl (C=O) groups is 3. The number of benzene rings is 2. The molecule has 170 valence electrons. The van der Waals surface area contributed by atoms with E-state index < -0.39 is 6.03 Å². The lowest BCUT2D eigenvalue weighted by atomic mass is 10.2. The van der Waals surface area contributed by atoms with Crippen molar-refractivity contribution in [2.24, 2.45) is 0 Å². The van der Waals surface area contributed by atoms with Crippen LogP contribution in [0.15, 0.2) is 42.5 Å². The van der Waals surface area contributed by atoms with Crippen molar-refractivity contribution in [1.82, 2.24) is 9.80 Å². The molecule has 0 atom stereocenters. The summed E-state index contributed by atoms with van der Waals surface area (Å²) in [5, 5.41) is 3.33. The summed E-state index contributed by atoms with van der Waals surface area (Å²) in [6.07, 6.45) is 1.58. The van der Waals surface area contributed by atoms with Crippen LogP contribution in [0.1, 0.15) is 25.3 Å². The van der Waals surface area contributed by atoms with Gasteiger partial charge in [0.1, 0.15) is 19.8 Å². The molecule has 2 aromatic carbocycles. The summed E-state index contributed by atoms with van der Waals surface area (Å²) in [5.41, 5.74) is 2.08.